The highest BCUT2D eigenvalue weighted by Gasteiger charge is 2.72. The zero-order chi connectivity index (χ0) is 26.3. The molecule has 5 rings (SSSR count). The molecule has 206 valence electrons. The SMILES string of the molecule is CC(C)CCC[C@@H](C)[C@H]1CC[C@H]2[C@@H]3CC=C4CC(O)(CC5(O)C(O)C5(C)C)CC[C@]4(C)[C@H]3CC[C@]12C. The summed E-state index contributed by atoms with van der Waals surface area (Å²) in [5, 5.41) is 33.0. The van der Waals surface area contributed by atoms with Crippen molar-refractivity contribution in [3.05, 3.63) is 11.6 Å². The Hall–Kier alpha value is -0.380. The Balaban J connectivity index is 1.29. The summed E-state index contributed by atoms with van der Waals surface area (Å²) in [6.45, 7) is 16.3. The van der Waals surface area contributed by atoms with Crippen LogP contribution in [0.3, 0.4) is 0 Å². The molecule has 5 aliphatic carbocycles. The van der Waals surface area contributed by atoms with E-state index in [1.54, 1.807) is 0 Å². The van der Waals surface area contributed by atoms with Gasteiger partial charge in [-0.1, -0.05) is 79.4 Å². The lowest BCUT2D eigenvalue weighted by Gasteiger charge is -2.59. The average molecular weight is 501 g/mol. The van der Waals surface area contributed by atoms with Gasteiger partial charge in [-0.15, -0.1) is 0 Å². The van der Waals surface area contributed by atoms with E-state index >= 15 is 0 Å². The molecule has 0 radical (unpaired) electrons. The summed E-state index contributed by atoms with van der Waals surface area (Å²) >= 11 is 0. The summed E-state index contributed by atoms with van der Waals surface area (Å²) in [4.78, 5) is 0. The van der Waals surface area contributed by atoms with Crippen molar-refractivity contribution in [3.8, 4) is 0 Å². The second kappa shape index (κ2) is 8.82. The van der Waals surface area contributed by atoms with Crippen LogP contribution in [0.4, 0.5) is 0 Å². The van der Waals surface area contributed by atoms with E-state index in [0.717, 1.165) is 48.3 Å². The molecule has 4 fully saturated rings. The lowest BCUT2D eigenvalue weighted by molar-refractivity contribution is -0.0947. The number of aliphatic hydroxyl groups excluding tert-OH is 1. The molecule has 36 heavy (non-hydrogen) atoms. The second-order valence-electron chi connectivity index (χ2n) is 15.9. The molecule has 3 N–H and O–H groups in total. The molecule has 0 aromatic heterocycles. The molecule has 0 bridgehead atoms. The van der Waals surface area contributed by atoms with Crippen molar-refractivity contribution in [1.82, 2.24) is 0 Å². The molecule has 5 aliphatic rings. The van der Waals surface area contributed by atoms with Crippen LogP contribution in [0.25, 0.3) is 0 Å². The standard InChI is InChI=1S/C33H56O3/c1-21(2)9-8-10-22(3)25-13-14-26-24-12-11-23-19-32(35,20-33(36)28(34)29(33,4)5)18-17-30(23,6)27(24)15-16-31(25,26)7/h11,21-22,24-28,34-36H,8-10,12-20H2,1-7H3/t22-,24+,25-,26+,27+,28?,30+,31-,32?,33?/m1/s1. The Kier molecular flexibility index (Phi) is 6.66. The lowest BCUT2D eigenvalue weighted by atomic mass is 9.46. The highest BCUT2D eigenvalue weighted by atomic mass is 16.4. The highest BCUT2D eigenvalue weighted by Crippen LogP contribution is 2.69. The Bertz CT molecular complexity index is 876. The van der Waals surface area contributed by atoms with Gasteiger partial charge in [0, 0.05) is 11.8 Å². The molecule has 4 saturated carbocycles. The zero-order valence-corrected chi connectivity index (χ0v) is 24.4. The topological polar surface area (TPSA) is 60.7 Å². The first-order valence-corrected chi connectivity index (χ1v) is 15.5. The average Bonchev–Trinajstić information content (AvgIpc) is 3.06. The largest absolute Gasteiger partial charge is 0.389 e. The summed E-state index contributed by atoms with van der Waals surface area (Å²) in [5.41, 5.74) is -0.410. The lowest BCUT2D eigenvalue weighted by Crippen LogP contribution is -2.53. The van der Waals surface area contributed by atoms with Crippen molar-refractivity contribution in [3.63, 3.8) is 0 Å². The van der Waals surface area contributed by atoms with E-state index in [4.69, 9.17) is 0 Å². The summed E-state index contributed by atoms with van der Waals surface area (Å²) in [6, 6.07) is 0. The molecule has 0 amide bonds. The molecule has 0 aromatic carbocycles. The minimum absolute atomic E-state index is 0.192. The van der Waals surface area contributed by atoms with E-state index in [1.807, 2.05) is 13.8 Å². The van der Waals surface area contributed by atoms with E-state index in [-0.39, 0.29) is 5.41 Å². The van der Waals surface area contributed by atoms with Gasteiger partial charge in [0.1, 0.15) is 5.60 Å². The van der Waals surface area contributed by atoms with Gasteiger partial charge in [-0.05, 0) is 97.7 Å². The van der Waals surface area contributed by atoms with E-state index < -0.39 is 22.7 Å². The van der Waals surface area contributed by atoms with Gasteiger partial charge in [-0.25, -0.2) is 0 Å². The van der Waals surface area contributed by atoms with Crippen LogP contribution in [0, 0.1) is 51.8 Å². The van der Waals surface area contributed by atoms with Gasteiger partial charge in [0.15, 0.2) is 0 Å². The number of hydrogen-bond acceptors (Lipinski definition) is 3. The van der Waals surface area contributed by atoms with Gasteiger partial charge in [0.2, 0.25) is 0 Å². The van der Waals surface area contributed by atoms with E-state index in [2.05, 4.69) is 40.7 Å². The molecule has 0 saturated heterocycles. The van der Waals surface area contributed by atoms with Crippen molar-refractivity contribution in [1.29, 1.82) is 0 Å². The van der Waals surface area contributed by atoms with Crippen molar-refractivity contribution in [2.24, 2.45) is 51.8 Å². The predicted molar refractivity (Wildman–Crippen MR) is 147 cm³/mol. The monoisotopic (exact) mass is 500 g/mol. The van der Waals surface area contributed by atoms with Crippen molar-refractivity contribution >= 4 is 0 Å². The smallest absolute Gasteiger partial charge is 0.101 e. The molecule has 0 spiro atoms. The predicted octanol–water partition coefficient (Wildman–Crippen LogP) is 7.28. The van der Waals surface area contributed by atoms with Crippen LogP contribution in [0.15, 0.2) is 11.6 Å². The Morgan fingerprint density at radius 2 is 1.61 bits per heavy atom. The summed E-state index contributed by atoms with van der Waals surface area (Å²) in [5.74, 6) is 4.94. The molecule has 0 aromatic rings. The zero-order valence-electron chi connectivity index (χ0n) is 24.4. The second-order valence-corrected chi connectivity index (χ2v) is 15.9. The molecule has 0 heterocycles. The molecule has 0 aliphatic heterocycles. The van der Waals surface area contributed by atoms with Crippen LogP contribution in [-0.2, 0) is 0 Å². The van der Waals surface area contributed by atoms with Gasteiger partial charge < -0.3 is 15.3 Å². The molecule has 3 unspecified atom stereocenters. The van der Waals surface area contributed by atoms with Crippen molar-refractivity contribution < 1.29 is 15.3 Å². The summed E-state index contributed by atoms with van der Waals surface area (Å²) in [6.07, 6.45) is 15.4. The third-order valence-corrected chi connectivity index (χ3v) is 13.2. The van der Waals surface area contributed by atoms with Crippen LogP contribution >= 0.6 is 0 Å². The van der Waals surface area contributed by atoms with E-state index in [1.165, 1.54) is 56.9 Å². The number of fused-ring (bicyclic) bond motifs is 5. The quantitative estimate of drug-likeness (QED) is 0.322. The van der Waals surface area contributed by atoms with E-state index in [0.29, 0.717) is 18.3 Å². The maximum absolute atomic E-state index is 11.6. The third-order valence-electron chi connectivity index (χ3n) is 13.2. The third kappa shape index (κ3) is 4.00. The van der Waals surface area contributed by atoms with Crippen LogP contribution in [0.5, 0.6) is 0 Å². The maximum atomic E-state index is 11.6. The van der Waals surface area contributed by atoms with Gasteiger partial charge in [-0.2, -0.15) is 0 Å². The Morgan fingerprint density at radius 1 is 0.917 bits per heavy atom. The fraction of sp³-hybridized carbons (Fsp3) is 0.939. The van der Waals surface area contributed by atoms with Crippen LogP contribution in [-0.4, -0.2) is 32.6 Å². The molecule has 3 nitrogen and oxygen atoms in total. The number of allylic oxidation sites excluding steroid dienone is 1. The first kappa shape index (κ1) is 27.2. The minimum Gasteiger partial charge on any atom is -0.389 e. The van der Waals surface area contributed by atoms with Crippen molar-refractivity contribution in [2.75, 3.05) is 0 Å². The number of aliphatic hydroxyl groups is 3. The van der Waals surface area contributed by atoms with Crippen LogP contribution in [0.2, 0.25) is 0 Å². The molecule has 10 atom stereocenters. The van der Waals surface area contributed by atoms with Gasteiger partial charge >= 0.3 is 0 Å². The summed E-state index contributed by atoms with van der Waals surface area (Å²) in [7, 11) is 0. The highest BCUT2D eigenvalue weighted by molar-refractivity contribution is 5.30. The Morgan fingerprint density at radius 3 is 2.25 bits per heavy atom. The van der Waals surface area contributed by atoms with Gasteiger partial charge in [0.25, 0.3) is 0 Å². The summed E-state index contributed by atoms with van der Waals surface area (Å²) < 4.78 is 0. The van der Waals surface area contributed by atoms with Crippen LogP contribution < -0.4 is 0 Å². The molecule has 3 heteroatoms. The van der Waals surface area contributed by atoms with Gasteiger partial charge in [0.05, 0.1) is 11.7 Å². The first-order chi connectivity index (χ1) is 16.7. The number of rotatable bonds is 7. The molecular weight excluding hydrogens is 444 g/mol. The minimum atomic E-state index is -1.15. The van der Waals surface area contributed by atoms with Crippen molar-refractivity contribution in [2.45, 2.75) is 143 Å². The van der Waals surface area contributed by atoms with Gasteiger partial charge in [-0.3, -0.25) is 0 Å². The number of hydrogen-bond donors (Lipinski definition) is 3. The first-order valence-electron chi connectivity index (χ1n) is 15.5. The van der Waals surface area contributed by atoms with E-state index in [9.17, 15) is 15.3 Å². The normalized spacial score (nSPS) is 50.2. The molecular formula is C33H56O3. The fourth-order valence-electron chi connectivity index (χ4n) is 10.5. The Labute approximate surface area is 221 Å². The maximum Gasteiger partial charge on any atom is 0.101 e. The van der Waals surface area contributed by atoms with Crippen LogP contribution in [0.1, 0.15) is 126 Å². The fourth-order valence-corrected chi connectivity index (χ4v) is 10.5.